The number of benzene rings is 2. The maximum Gasteiger partial charge on any atom is 0.348 e. The van der Waals surface area contributed by atoms with E-state index in [1.165, 1.54) is 17.6 Å². The van der Waals surface area contributed by atoms with E-state index in [2.05, 4.69) is 10.3 Å². The van der Waals surface area contributed by atoms with Gasteiger partial charge in [-0.3, -0.25) is 19.1 Å². The van der Waals surface area contributed by atoms with Crippen molar-refractivity contribution in [1.82, 2.24) is 19.8 Å². The standard InChI is InChI=1S/C37H47F3N4O4/c1-20(2)14-28(44-17-25(34(21(3)4)42-36(44)48)12-13-43-18-37(8,40)19-43)35(47)41-27(16-29(45)46)31-32(38)24(7)15-26(33(31)39)30-22(5)10-9-11-23(30)6/h9-11,15,17,20-21,27-28H,12-14,16,18-19H2,1-8H3,(H,41,47)(H,45,46). The molecular formula is C37H47F3N4O4. The summed E-state index contributed by atoms with van der Waals surface area (Å²) >= 11 is 0. The van der Waals surface area contributed by atoms with Crippen molar-refractivity contribution >= 4 is 11.9 Å². The third-order valence-corrected chi connectivity index (χ3v) is 8.96. The Hall–Kier alpha value is -3.99. The molecule has 1 aromatic heterocycles. The van der Waals surface area contributed by atoms with Crippen molar-refractivity contribution in [3.05, 3.63) is 86.1 Å². The van der Waals surface area contributed by atoms with Crippen LogP contribution in [0.4, 0.5) is 13.2 Å². The summed E-state index contributed by atoms with van der Waals surface area (Å²) in [7, 11) is 0. The number of likely N-dealkylation sites (tertiary alicyclic amines) is 1. The predicted octanol–water partition coefficient (Wildman–Crippen LogP) is 6.74. The third-order valence-electron chi connectivity index (χ3n) is 8.96. The van der Waals surface area contributed by atoms with Gasteiger partial charge in [0, 0.05) is 37.0 Å². The summed E-state index contributed by atoms with van der Waals surface area (Å²) in [5.41, 5.74) is 1.12. The average Bonchev–Trinajstić information content (AvgIpc) is 2.96. The Kier molecular flexibility index (Phi) is 11.2. The minimum absolute atomic E-state index is 0.0924. The summed E-state index contributed by atoms with van der Waals surface area (Å²) in [4.78, 5) is 45.9. The molecule has 2 N–H and O–H groups in total. The van der Waals surface area contributed by atoms with Crippen LogP contribution in [0.15, 0.2) is 35.3 Å². The normalized spacial score (nSPS) is 15.8. The number of nitrogens with zero attached hydrogens (tertiary/aromatic N) is 3. The van der Waals surface area contributed by atoms with Gasteiger partial charge in [-0.2, -0.15) is 4.98 Å². The van der Waals surface area contributed by atoms with Crippen molar-refractivity contribution in [2.24, 2.45) is 5.92 Å². The lowest BCUT2D eigenvalue weighted by Gasteiger charge is -2.42. The van der Waals surface area contributed by atoms with E-state index in [9.17, 15) is 23.9 Å². The van der Waals surface area contributed by atoms with Crippen LogP contribution in [0.2, 0.25) is 0 Å². The van der Waals surface area contributed by atoms with Gasteiger partial charge < -0.3 is 10.4 Å². The van der Waals surface area contributed by atoms with Crippen LogP contribution in [-0.4, -0.2) is 56.7 Å². The molecule has 260 valence electrons. The van der Waals surface area contributed by atoms with Crippen LogP contribution in [0.3, 0.4) is 0 Å². The van der Waals surface area contributed by atoms with Crippen molar-refractivity contribution in [1.29, 1.82) is 0 Å². The highest BCUT2D eigenvalue weighted by molar-refractivity contribution is 5.82. The number of alkyl halides is 1. The second-order valence-electron chi connectivity index (χ2n) is 14.2. The molecule has 11 heteroatoms. The molecule has 1 fully saturated rings. The molecule has 2 atom stereocenters. The number of hydrogen-bond donors (Lipinski definition) is 2. The molecule has 1 amide bonds. The number of hydrogen-bond acceptors (Lipinski definition) is 5. The second-order valence-corrected chi connectivity index (χ2v) is 14.2. The Bertz CT molecular complexity index is 1720. The minimum Gasteiger partial charge on any atom is -0.481 e. The van der Waals surface area contributed by atoms with Crippen molar-refractivity contribution in [2.75, 3.05) is 19.6 Å². The molecule has 0 aliphatic carbocycles. The van der Waals surface area contributed by atoms with Gasteiger partial charge in [0.2, 0.25) is 5.91 Å². The SMILES string of the molecule is Cc1cc(-c2c(C)cccc2C)c(F)c(C(CC(=O)O)NC(=O)C(CC(C)C)n2cc(CCN3CC(C)(F)C3)c(C(C)C)nc2=O)c1F. The van der Waals surface area contributed by atoms with Crippen molar-refractivity contribution < 1.29 is 27.9 Å². The van der Waals surface area contributed by atoms with Gasteiger partial charge in [0.1, 0.15) is 23.3 Å². The van der Waals surface area contributed by atoms with Crippen LogP contribution >= 0.6 is 0 Å². The van der Waals surface area contributed by atoms with E-state index >= 15 is 8.78 Å². The fourth-order valence-corrected chi connectivity index (χ4v) is 6.75. The van der Waals surface area contributed by atoms with Gasteiger partial charge in [-0.1, -0.05) is 45.9 Å². The molecule has 0 spiro atoms. The quantitative estimate of drug-likeness (QED) is 0.209. The Morgan fingerprint density at radius 1 is 1.04 bits per heavy atom. The van der Waals surface area contributed by atoms with E-state index in [4.69, 9.17) is 0 Å². The van der Waals surface area contributed by atoms with Crippen LogP contribution in [0.1, 0.15) is 99.0 Å². The van der Waals surface area contributed by atoms with Gasteiger partial charge in [-0.05, 0) is 86.3 Å². The minimum atomic E-state index is -1.58. The summed E-state index contributed by atoms with van der Waals surface area (Å²) in [6, 6.07) is 4.10. The highest BCUT2D eigenvalue weighted by Crippen LogP contribution is 2.37. The lowest BCUT2D eigenvalue weighted by Crippen LogP contribution is -2.57. The zero-order chi connectivity index (χ0) is 35.7. The number of amides is 1. The van der Waals surface area contributed by atoms with E-state index < -0.39 is 58.9 Å². The van der Waals surface area contributed by atoms with E-state index in [1.807, 2.05) is 38.7 Å². The molecule has 8 nitrogen and oxygen atoms in total. The molecule has 1 saturated heterocycles. The zero-order valence-corrected chi connectivity index (χ0v) is 29.1. The number of nitrogens with one attached hydrogen (secondary N) is 1. The summed E-state index contributed by atoms with van der Waals surface area (Å²) in [5, 5.41) is 12.4. The molecule has 48 heavy (non-hydrogen) atoms. The Balaban J connectivity index is 1.77. The summed E-state index contributed by atoms with van der Waals surface area (Å²) < 4.78 is 47.6. The number of carboxylic acid groups (broad SMARTS) is 1. The number of aliphatic carboxylic acids is 1. The third kappa shape index (κ3) is 8.17. The Morgan fingerprint density at radius 3 is 2.21 bits per heavy atom. The fraction of sp³-hybridized carbons (Fsp3) is 0.514. The number of carboxylic acids is 1. The topological polar surface area (TPSA) is 105 Å². The van der Waals surface area contributed by atoms with E-state index in [0.717, 1.165) is 16.7 Å². The number of carbonyl (C=O) groups is 2. The lowest BCUT2D eigenvalue weighted by atomic mass is 9.89. The first kappa shape index (κ1) is 36.8. The van der Waals surface area contributed by atoms with Crippen molar-refractivity contribution in [3.63, 3.8) is 0 Å². The summed E-state index contributed by atoms with van der Waals surface area (Å²) in [5.74, 6) is -4.22. The molecule has 1 aliphatic rings. The molecular weight excluding hydrogens is 621 g/mol. The Labute approximate surface area is 280 Å². The first-order valence-corrected chi connectivity index (χ1v) is 16.5. The van der Waals surface area contributed by atoms with E-state index in [0.29, 0.717) is 37.3 Å². The van der Waals surface area contributed by atoms with Crippen molar-refractivity contribution in [3.8, 4) is 11.1 Å². The van der Waals surface area contributed by atoms with E-state index in [-0.39, 0.29) is 29.4 Å². The zero-order valence-electron chi connectivity index (χ0n) is 29.1. The molecule has 2 heterocycles. The number of halogens is 3. The fourth-order valence-electron chi connectivity index (χ4n) is 6.75. The van der Waals surface area contributed by atoms with Gasteiger partial charge in [0.05, 0.1) is 18.2 Å². The van der Waals surface area contributed by atoms with E-state index in [1.54, 1.807) is 39.1 Å². The van der Waals surface area contributed by atoms with Crippen molar-refractivity contribution in [2.45, 2.75) is 98.3 Å². The number of carbonyl (C=O) groups excluding carboxylic acids is 1. The van der Waals surface area contributed by atoms with Gasteiger partial charge in [0.25, 0.3) is 0 Å². The largest absolute Gasteiger partial charge is 0.481 e. The van der Waals surface area contributed by atoms with Crippen LogP contribution in [0.5, 0.6) is 0 Å². The van der Waals surface area contributed by atoms with Gasteiger partial charge in [-0.25, -0.2) is 18.0 Å². The molecule has 2 aromatic carbocycles. The number of aromatic nitrogens is 2. The van der Waals surface area contributed by atoms with Crippen LogP contribution < -0.4 is 11.0 Å². The van der Waals surface area contributed by atoms with Gasteiger partial charge in [0.15, 0.2) is 0 Å². The molecule has 3 aromatic rings. The maximum absolute atomic E-state index is 16.4. The summed E-state index contributed by atoms with van der Waals surface area (Å²) in [6.45, 7) is 15.3. The summed E-state index contributed by atoms with van der Waals surface area (Å²) in [6.07, 6.45) is 1.45. The van der Waals surface area contributed by atoms with Crippen LogP contribution in [0.25, 0.3) is 11.1 Å². The molecule has 2 unspecified atom stereocenters. The predicted molar refractivity (Wildman–Crippen MR) is 180 cm³/mol. The number of aryl methyl sites for hydroxylation is 3. The monoisotopic (exact) mass is 668 g/mol. The molecule has 0 radical (unpaired) electrons. The molecule has 4 rings (SSSR count). The maximum atomic E-state index is 16.4. The Morgan fingerprint density at radius 2 is 1.67 bits per heavy atom. The first-order valence-electron chi connectivity index (χ1n) is 16.5. The molecule has 0 saturated carbocycles. The van der Waals surface area contributed by atoms with Gasteiger partial charge in [-0.15, -0.1) is 0 Å². The molecule has 0 bridgehead atoms. The number of rotatable bonds is 13. The highest BCUT2D eigenvalue weighted by Gasteiger charge is 2.38. The first-order chi connectivity index (χ1) is 22.4. The van der Waals surface area contributed by atoms with Crippen LogP contribution in [0, 0.1) is 38.3 Å². The second kappa shape index (κ2) is 14.6. The smallest absolute Gasteiger partial charge is 0.348 e. The van der Waals surface area contributed by atoms with Crippen LogP contribution in [-0.2, 0) is 16.0 Å². The van der Waals surface area contributed by atoms with Gasteiger partial charge >= 0.3 is 11.7 Å². The lowest BCUT2D eigenvalue weighted by molar-refractivity contribution is -0.138. The average molecular weight is 669 g/mol. The highest BCUT2D eigenvalue weighted by atomic mass is 19.1. The molecule has 1 aliphatic heterocycles.